The molecule has 0 spiro atoms. The molecule has 0 unspecified atom stereocenters. The Balaban J connectivity index is 1.47. The van der Waals surface area contributed by atoms with Crippen LogP contribution in [0.5, 0.6) is 0 Å². The van der Waals surface area contributed by atoms with E-state index < -0.39 is 10.0 Å². The minimum Gasteiger partial charge on any atom is -0.369 e. The normalized spacial score (nSPS) is 16.1. The van der Waals surface area contributed by atoms with Crippen molar-refractivity contribution in [1.82, 2.24) is 9.29 Å². The van der Waals surface area contributed by atoms with Gasteiger partial charge < -0.3 is 9.88 Å². The minimum absolute atomic E-state index is 0.273. The average molecular weight is 391 g/mol. The van der Waals surface area contributed by atoms with Crippen molar-refractivity contribution in [3.8, 4) is 10.6 Å². The van der Waals surface area contributed by atoms with Crippen LogP contribution in [0.4, 0.5) is 10.1 Å². The highest BCUT2D eigenvalue weighted by Gasteiger charge is 2.30. The van der Waals surface area contributed by atoms with E-state index in [1.54, 1.807) is 18.2 Å². The molecule has 0 saturated carbocycles. The third-order valence-corrected chi connectivity index (χ3v) is 7.95. The number of piperazine rings is 1. The van der Waals surface area contributed by atoms with Gasteiger partial charge in [0.05, 0.1) is 10.6 Å². The molecular formula is C18H18FN3O2S2. The van der Waals surface area contributed by atoms with Gasteiger partial charge in [0, 0.05) is 38.1 Å². The number of hydrogen-bond acceptors (Lipinski definition) is 4. The first kappa shape index (κ1) is 17.3. The van der Waals surface area contributed by atoms with Gasteiger partial charge in [-0.1, -0.05) is 0 Å². The number of anilines is 1. The number of hydrogen-bond donors (Lipinski definition) is 1. The molecule has 1 saturated heterocycles. The molecule has 8 heteroatoms. The Morgan fingerprint density at radius 1 is 0.962 bits per heavy atom. The predicted molar refractivity (Wildman–Crippen MR) is 101 cm³/mol. The fourth-order valence-electron chi connectivity index (χ4n) is 3.05. The lowest BCUT2D eigenvalue weighted by atomic mass is 10.2. The highest BCUT2D eigenvalue weighted by molar-refractivity contribution is 7.91. The van der Waals surface area contributed by atoms with Gasteiger partial charge in [-0.15, -0.1) is 11.3 Å². The number of halogens is 1. The minimum atomic E-state index is -3.49. The van der Waals surface area contributed by atoms with Crippen LogP contribution >= 0.6 is 11.3 Å². The zero-order chi connectivity index (χ0) is 18.1. The lowest BCUT2D eigenvalue weighted by Gasteiger charge is -2.35. The molecule has 3 heterocycles. The van der Waals surface area contributed by atoms with Gasteiger partial charge in [0.2, 0.25) is 0 Å². The molecule has 5 nitrogen and oxygen atoms in total. The Bertz CT molecular complexity index is 974. The molecule has 1 N–H and O–H groups in total. The summed E-state index contributed by atoms with van der Waals surface area (Å²) in [5.41, 5.74) is 1.83. The maximum atomic E-state index is 13.1. The number of aromatic nitrogens is 1. The van der Waals surface area contributed by atoms with E-state index >= 15 is 0 Å². The van der Waals surface area contributed by atoms with Gasteiger partial charge in [0.15, 0.2) is 0 Å². The number of nitrogens with zero attached hydrogens (tertiary/aromatic N) is 2. The van der Waals surface area contributed by atoms with E-state index in [0.29, 0.717) is 30.4 Å². The fraction of sp³-hybridized carbons (Fsp3) is 0.222. The van der Waals surface area contributed by atoms with Crippen LogP contribution in [0.1, 0.15) is 0 Å². The molecule has 0 atom stereocenters. The summed E-state index contributed by atoms with van der Waals surface area (Å²) >= 11 is 1.27. The summed E-state index contributed by atoms with van der Waals surface area (Å²) in [6, 6.07) is 13.6. The third kappa shape index (κ3) is 3.27. The van der Waals surface area contributed by atoms with Gasteiger partial charge in [-0.3, -0.25) is 0 Å². The lowest BCUT2D eigenvalue weighted by Crippen LogP contribution is -2.48. The van der Waals surface area contributed by atoms with Crippen LogP contribution in [-0.4, -0.2) is 43.9 Å². The number of benzene rings is 1. The zero-order valence-corrected chi connectivity index (χ0v) is 15.6. The van der Waals surface area contributed by atoms with Crippen LogP contribution in [0.15, 0.2) is 58.9 Å². The molecule has 4 rings (SSSR count). The van der Waals surface area contributed by atoms with Crippen molar-refractivity contribution in [2.24, 2.45) is 0 Å². The molecule has 1 aromatic carbocycles. The highest BCUT2D eigenvalue weighted by atomic mass is 32.2. The molecule has 2 aromatic heterocycles. The molecule has 0 radical (unpaired) electrons. The van der Waals surface area contributed by atoms with Crippen molar-refractivity contribution >= 4 is 27.0 Å². The SMILES string of the molecule is O=S(=O)(c1ccc(-c2ccc[nH]2)s1)N1CCN(c2ccc(F)cc2)CC1. The van der Waals surface area contributed by atoms with Gasteiger partial charge in [-0.2, -0.15) is 4.31 Å². The predicted octanol–water partition coefficient (Wildman–Crippen LogP) is 3.39. The van der Waals surface area contributed by atoms with Crippen LogP contribution in [0.2, 0.25) is 0 Å². The fourth-order valence-corrected chi connectivity index (χ4v) is 5.92. The quantitative estimate of drug-likeness (QED) is 0.742. The molecule has 26 heavy (non-hydrogen) atoms. The Labute approximate surface area is 155 Å². The van der Waals surface area contributed by atoms with Crippen LogP contribution in [0.25, 0.3) is 10.6 Å². The van der Waals surface area contributed by atoms with Crippen LogP contribution in [0, 0.1) is 5.82 Å². The van der Waals surface area contributed by atoms with Gasteiger partial charge in [-0.05, 0) is 48.5 Å². The largest absolute Gasteiger partial charge is 0.369 e. The average Bonchev–Trinajstić information content (AvgIpc) is 3.34. The first-order valence-electron chi connectivity index (χ1n) is 8.28. The maximum Gasteiger partial charge on any atom is 0.252 e. The van der Waals surface area contributed by atoms with E-state index in [2.05, 4.69) is 9.88 Å². The van der Waals surface area contributed by atoms with Crippen molar-refractivity contribution in [3.63, 3.8) is 0 Å². The number of rotatable bonds is 4. The summed E-state index contributed by atoms with van der Waals surface area (Å²) in [5.74, 6) is -0.273. The smallest absolute Gasteiger partial charge is 0.252 e. The summed E-state index contributed by atoms with van der Waals surface area (Å²) in [7, 11) is -3.49. The molecule has 1 aliphatic heterocycles. The van der Waals surface area contributed by atoms with E-state index in [0.717, 1.165) is 16.3 Å². The van der Waals surface area contributed by atoms with Crippen LogP contribution < -0.4 is 4.90 Å². The van der Waals surface area contributed by atoms with Crippen molar-refractivity contribution in [3.05, 3.63) is 60.5 Å². The number of aromatic amines is 1. The first-order valence-corrected chi connectivity index (χ1v) is 10.5. The van der Waals surface area contributed by atoms with Gasteiger partial charge in [-0.25, -0.2) is 12.8 Å². The zero-order valence-electron chi connectivity index (χ0n) is 13.9. The molecule has 136 valence electrons. The Kier molecular flexibility index (Phi) is 4.56. The Morgan fingerprint density at radius 2 is 1.69 bits per heavy atom. The van der Waals surface area contributed by atoms with Gasteiger partial charge in [0.25, 0.3) is 10.0 Å². The number of nitrogens with one attached hydrogen (secondary N) is 1. The first-order chi connectivity index (χ1) is 12.5. The summed E-state index contributed by atoms with van der Waals surface area (Å²) in [6.07, 6.45) is 1.82. The standard InChI is InChI=1S/C18H18FN3O2S2/c19-14-3-5-15(6-4-14)21-10-12-22(13-11-21)26(23,24)18-8-7-17(25-18)16-2-1-9-20-16/h1-9,20H,10-13H2. The second-order valence-corrected chi connectivity index (χ2v) is 9.32. The molecule has 1 aliphatic rings. The molecule has 1 fully saturated rings. The Hall–Kier alpha value is -2.16. The molecule has 0 bridgehead atoms. The third-order valence-electron chi connectivity index (χ3n) is 4.47. The molecule has 0 aliphatic carbocycles. The lowest BCUT2D eigenvalue weighted by molar-refractivity contribution is 0.386. The summed E-state index contributed by atoms with van der Waals surface area (Å²) in [5, 5.41) is 0. The topological polar surface area (TPSA) is 56.4 Å². The maximum absolute atomic E-state index is 13.1. The number of H-pyrrole nitrogens is 1. The van der Waals surface area contributed by atoms with E-state index in [9.17, 15) is 12.8 Å². The molecule has 0 amide bonds. The summed E-state index contributed by atoms with van der Waals surface area (Å²) < 4.78 is 40.8. The second-order valence-electron chi connectivity index (χ2n) is 6.07. The van der Waals surface area contributed by atoms with E-state index in [-0.39, 0.29) is 5.82 Å². The monoisotopic (exact) mass is 391 g/mol. The highest BCUT2D eigenvalue weighted by Crippen LogP contribution is 2.32. The van der Waals surface area contributed by atoms with Crippen LogP contribution in [-0.2, 0) is 10.0 Å². The van der Waals surface area contributed by atoms with Crippen LogP contribution in [0.3, 0.4) is 0 Å². The number of sulfonamides is 1. The van der Waals surface area contributed by atoms with Crippen molar-refractivity contribution < 1.29 is 12.8 Å². The van der Waals surface area contributed by atoms with Crippen molar-refractivity contribution in [2.45, 2.75) is 4.21 Å². The second kappa shape index (κ2) is 6.86. The van der Waals surface area contributed by atoms with Crippen molar-refractivity contribution in [2.75, 3.05) is 31.1 Å². The van der Waals surface area contributed by atoms with E-state index in [1.807, 2.05) is 24.4 Å². The summed E-state index contributed by atoms with van der Waals surface area (Å²) in [6.45, 7) is 1.99. The number of thiophene rings is 1. The molecular weight excluding hydrogens is 373 g/mol. The van der Waals surface area contributed by atoms with Gasteiger partial charge >= 0.3 is 0 Å². The Morgan fingerprint density at radius 3 is 2.35 bits per heavy atom. The molecule has 3 aromatic rings. The van der Waals surface area contributed by atoms with Crippen molar-refractivity contribution in [1.29, 1.82) is 0 Å². The van der Waals surface area contributed by atoms with E-state index in [1.165, 1.54) is 27.8 Å². The van der Waals surface area contributed by atoms with E-state index in [4.69, 9.17) is 0 Å². The van der Waals surface area contributed by atoms with Gasteiger partial charge in [0.1, 0.15) is 10.0 Å². The summed E-state index contributed by atoms with van der Waals surface area (Å²) in [4.78, 5) is 6.07.